The number of aromatic nitrogens is 1. The summed E-state index contributed by atoms with van der Waals surface area (Å²) in [6, 6.07) is 18.9. The Balaban J connectivity index is 1.42. The van der Waals surface area contributed by atoms with Gasteiger partial charge in [0.25, 0.3) is 5.91 Å². The lowest BCUT2D eigenvalue weighted by Crippen LogP contribution is -2.49. The first kappa shape index (κ1) is 21.3. The standard InChI is InChI=1S/C23H22ClN3O3S/c24-20-9-10-22(25-16-20)26-11-13-27(14-12-26)23(28)19-6-4-5-18(15-19)17-31(29,30)21-7-2-1-3-8-21/h1-10,15-16H,11-14,17H2. The molecule has 160 valence electrons. The summed E-state index contributed by atoms with van der Waals surface area (Å²) in [5.41, 5.74) is 1.09. The number of nitrogens with zero attached hydrogens (tertiary/aromatic N) is 3. The normalized spacial score (nSPS) is 14.5. The molecule has 2 aromatic carbocycles. The van der Waals surface area contributed by atoms with Gasteiger partial charge in [-0.2, -0.15) is 0 Å². The number of benzene rings is 2. The van der Waals surface area contributed by atoms with Crippen molar-refractivity contribution in [3.63, 3.8) is 0 Å². The SMILES string of the molecule is O=C(c1cccc(CS(=O)(=O)c2ccccc2)c1)N1CCN(c2ccc(Cl)cn2)CC1. The van der Waals surface area contributed by atoms with Crippen molar-refractivity contribution in [3.8, 4) is 0 Å². The molecule has 0 atom stereocenters. The van der Waals surface area contributed by atoms with Gasteiger partial charge in [-0.1, -0.05) is 41.9 Å². The third-order valence-corrected chi connectivity index (χ3v) is 7.16. The molecule has 1 saturated heterocycles. The van der Waals surface area contributed by atoms with E-state index >= 15 is 0 Å². The van der Waals surface area contributed by atoms with E-state index in [0.29, 0.717) is 42.3 Å². The van der Waals surface area contributed by atoms with Crippen molar-refractivity contribution in [1.82, 2.24) is 9.88 Å². The monoisotopic (exact) mass is 455 g/mol. The van der Waals surface area contributed by atoms with Crippen LogP contribution in [0, 0.1) is 0 Å². The summed E-state index contributed by atoms with van der Waals surface area (Å²) in [7, 11) is -3.47. The van der Waals surface area contributed by atoms with Crippen molar-refractivity contribution in [1.29, 1.82) is 0 Å². The molecule has 1 aliphatic heterocycles. The maximum atomic E-state index is 13.0. The Morgan fingerprint density at radius 1 is 0.935 bits per heavy atom. The van der Waals surface area contributed by atoms with E-state index in [0.717, 1.165) is 5.82 Å². The van der Waals surface area contributed by atoms with Crippen LogP contribution in [0.5, 0.6) is 0 Å². The second-order valence-corrected chi connectivity index (χ2v) is 9.81. The maximum absolute atomic E-state index is 13.0. The number of sulfone groups is 1. The van der Waals surface area contributed by atoms with Crippen LogP contribution in [0.2, 0.25) is 5.02 Å². The minimum Gasteiger partial charge on any atom is -0.353 e. The molecule has 1 fully saturated rings. The number of carbonyl (C=O) groups excluding carboxylic acids is 1. The third kappa shape index (κ3) is 5.06. The molecule has 1 amide bonds. The van der Waals surface area contributed by atoms with E-state index in [-0.39, 0.29) is 16.6 Å². The number of hydrogen-bond donors (Lipinski definition) is 0. The molecule has 0 aliphatic carbocycles. The smallest absolute Gasteiger partial charge is 0.253 e. The number of amides is 1. The van der Waals surface area contributed by atoms with Crippen LogP contribution in [0.4, 0.5) is 5.82 Å². The zero-order chi connectivity index (χ0) is 21.8. The molecule has 2 heterocycles. The molecule has 3 aromatic rings. The summed E-state index contributed by atoms with van der Waals surface area (Å²) in [4.78, 5) is 21.5. The van der Waals surface area contributed by atoms with Gasteiger partial charge >= 0.3 is 0 Å². The van der Waals surface area contributed by atoms with Gasteiger partial charge in [-0.3, -0.25) is 4.79 Å². The van der Waals surface area contributed by atoms with Gasteiger partial charge in [0.05, 0.1) is 15.7 Å². The van der Waals surface area contributed by atoms with Crippen LogP contribution in [0.3, 0.4) is 0 Å². The lowest BCUT2D eigenvalue weighted by molar-refractivity contribution is 0.0746. The van der Waals surface area contributed by atoms with E-state index in [1.165, 1.54) is 0 Å². The van der Waals surface area contributed by atoms with Gasteiger partial charge in [0.2, 0.25) is 0 Å². The Labute approximate surface area is 187 Å². The fourth-order valence-electron chi connectivity index (χ4n) is 3.60. The van der Waals surface area contributed by atoms with Gasteiger partial charge in [-0.05, 0) is 42.0 Å². The van der Waals surface area contributed by atoms with Crippen LogP contribution in [0.25, 0.3) is 0 Å². The second kappa shape index (κ2) is 9.08. The number of hydrogen-bond acceptors (Lipinski definition) is 5. The molecule has 1 aromatic heterocycles. The molecule has 6 nitrogen and oxygen atoms in total. The highest BCUT2D eigenvalue weighted by atomic mass is 35.5. The molecule has 0 unspecified atom stereocenters. The van der Waals surface area contributed by atoms with Crippen LogP contribution in [-0.2, 0) is 15.6 Å². The Kier molecular flexibility index (Phi) is 6.25. The predicted octanol–water partition coefficient (Wildman–Crippen LogP) is 3.67. The number of piperazine rings is 1. The van der Waals surface area contributed by atoms with Crippen LogP contribution in [-0.4, -0.2) is 50.4 Å². The average Bonchev–Trinajstić information content (AvgIpc) is 2.80. The maximum Gasteiger partial charge on any atom is 0.253 e. The summed E-state index contributed by atoms with van der Waals surface area (Å²) in [6.07, 6.45) is 1.61. The predicted molar refractivity (Wildman–Crippen MR) is 121 cm³/mol. The first-order chi connectivity index (χ1) is 14.9. The molecule has 8 heteroatoms. The number of rotatable bonds is 5. The summed E-state index contributed by atoms with van der Waals surface area (Å²) in [5.74, 6) is 0.598. The number of carbonyl (C=O) groups is 1. The van der Waals surface area contributed by atoms with Gasteiger partial charge in [-0.25, -0.2) is 13.4 Å². The van der Waals surface area contributed by atoms with Crippen molar-refractivity contribution >= 4 is 33.2 Å². The van der Waals surface area contributed by atoms with Crippen LogP contribution >= 0.6 is 11.6 Å². The largest absolute Gasteiger partial charge is 0.353 e. The molecular formula is C23H22ClN3O3S. The van der Waals surface area contributed by atoms with Gasteiger partial charge in [0, 0.05) is 37.9 Å². The Morgan fingerprint density at radius 2 is 1.68 bits per heavy atom. The summed E-state index contributed by atoms with van der Waals surface area (Å²) < 4.78 is 25.3. The molecule has 0 radical (unpaired) electrons. The fourth-order valence-corrected chi connectivity index (χ4v) is 5.07. The van der Waals surface area contributed by atoms with Crippen molar-refractivity contribution in [2.45, 2.75) is 10.6 Å². The van der Waals surface area contributed by atoms with Gasteiger partial charge in [-0.15, -0.1) is 0 Å². The van der Waals surface area contributed by atoms with Crippen LogP contribution in [0.1, 0.15) is 15.9 Å². The second-order valence-electron chi connectivity index (χ2n) is 7.39. The van der Waals surface area contributed by atoms with Crippen molar-refractivity contribution in [2.75, 3.05) is 31.1 Å². The summed E-state index contributed by atoms with van der Waals surface area (Å²) in [6.45, 7) is 2.47. The summed E-state index contributed by atoms with van der Waals surface area (Å²) >= 11 is 5.90. The highest BCUT2D eigenvalue weighted by Gasteiger charge is 2.23. The number of anilines is 1. The third-order valence-electron chi connectivity index (χ3n) is 5.24. The van der Waals surface area contributed by atoms with E-state index in [4.69, 9.17) is 11.6 Å². The number of halogens is 1. The Bertz CT molecular complexity index is 1160. The van der Waals surface area contributed by atoms with Crippen molar-refractivity contribution in [3.05, 3.63) is 89.1 Å². The van der Waals surface area contributed by atoms with E-state index in [9.17, 15) is 13.2 Å². The molecule has 1 aliphatic rings. The first-order valence-electron chi connectivity index (χ1n) is 9.95. The van der Waals surface area contributed by atoms with E-state index in [1.807, 2.05) is 6.07 Å². The van der Waals surface area contributed by atoms with E-state index in [2.05, 4.69) is 9.88 Å². The van der Waals surface area contributed by atoms with E-state index in [1.54, 1.807) is 71.8 Å². The average molecular weight is 456 g/mol. The topological polar surface area (TPSA) is 70.6 Å². The molecule has 0 saturated carbocycles. The Morgan fingerprint density at radius 3 is 2.35 bits per heavy atom. The molecule has 0 spiro atoms. The zero-order valence-electron chi connectivity index (χ0n) is 16.8. The molecule has 31 heavy (non-hydrogen) atoms. The van der Waals surface area contributed by atoms with Crippen molar-refractivity contribution < 1.29 is 13.2 Å². The molecule has 4 rings (SSSR count). The van der Waals surface area contributed by atoms with Crippen molar-refractivity contribution in [2.24, 2.45) is 0 Å². The van der Waals surface area contributed by atoms with Crippen LogP contribution < -0.4 is 4.90 Å². The highest BCUT2D eigenvalue weighted by molar-refractivity contribution is 7.90. The van der Waals surface area contributed by atoms with Crippen LogP contribution in [0.15, 0.2) is 77.8 Å². The fraction of sp³-hybridized carbons (Fsp3) is 0.217. The lowest BCUT2D eigenvalue weighted by atomic mass is 10.1. The number of pyridine rings is 1. The van der Waals surface area contributed by atoms with E-state index < -0.39 is 9.84 Å². The highest BCUT2D eigenvalue weighted by Crippen LogP contribution is 2.20. The lowest BCUT2D eigenvalue weighted by Gasteiger charge is -2.35. The molecular weight excluding hydrogens is 434 g/mol. The zero-order valence-corrected chi connectivity index (χ0v) is 18.4. The van der Waals surface area contributed by atoms with Gasteiger partial charge < -0.3 is 9.80 Å². The first-order valence-corrected chi connectivity index (χ1v) is 12.0. The minimum atomic E-state index is -3.47. The van der Waals surface area contributed by atoms with Gasteiger partial charge in [0.15, 0.2) is 9.84 Å². The quantitative estimate of drug-likeness (QED) is 0.587. The molecule has 0 bridgehead atoms. The minimum absolute atomic E-state index is 0.0947. The summed E-state index contributed by atoms with van der Waals surface area (Å²) in [5, 5.41) is 0.590. The van der Waals surface area contributed by atoms with Gasteiger partial charge in [0.1, 0.15) is 5.82 Å². The molecule has 0 N–H and O–H groups in total. The Hall–Kier alpha value is -2.90.